The Labute approximate surface area is 110 Å². The summed E-state index contributed by atoms with van der Waals surface area (Å²) in [5.41, 5.74) is 4.05. The van der Waals surface area contributed by atoms with Crippen molar-refractivity contribution in [2.75, 3.05) is 0 Å². The van der Waals surface area contributed by atoms with E-state index in [2.05, 4.69) is 10.3 Å². The lowest BCUT2D eigenvalue weighted by molar-refractivity contribution is -0.151. The van der Waals surface area contributed by atoms with Crippen molar-refractivity contribution in [3.8, 4) is 0 Å². The molecule has 0 amide bonds. The van der Waals surface area contributed by atoms with Crippen molar-refractivity contribution in [2.24, 2.45) is 0 Å². The van der Waals surface area contributed by atoms with Gasteiger partial charge in [-0.25, -0.2) is 0 Å². The maximum absolute atomic E-state index is 12.4. The molecule has 2 nitrogen and oxygen atoms in total. The van der Waals surface area contributed by atoms with Crippen molar-refractivity contribution < 1.29 is 13.2 Å². The lowest BCUT2D eigenvalue weighted by atomic mass is 10.1. The zero-order chi connectivity index (χ0) is 14.2. The van der Waals surface area contributed by atoms with Gasteiger partial charge in [-0.05, 0) is 44.0 Å². The molecule has 1 aromatic heterocycles. The molecule has 0 radical (unpaired) electrons. The van der Waals surface area contributed by atoms with Gasteiger partial charge in [0.1, 0.15) is 6.04 Å². The lowest BCUT2D eigenvalue weighted by Crippen LogP contribution is -2.39. The van der Waals surface area contributed by atoms with Gasteiger partial charge in [-0.3, -0.25) is 0 Å². The van der Waals surface area contributed by atoms with Crippen molar-refractivity contribution in [3.63, 3.8) is 0 Å². The molecule has 1 unspecified atom stereocenters. The number of alkyl halides is 3. The number of rotatable bonds is 3. The van der Waals surface area contributed by atoms with Gasteiger partial charge in [-0.2, -0.15) is 13.2 Å². The highest BCUT2D eigenvalue weighted by Crippen LogP contribution is 2.23. The number of aromatic nitrogens is 1. The molecule has 0 spiro atoms. The summed E-state index contributed by atoms with van der Waals surface area (Å²) in [6, 6.07) is 4.35. The van der Waals surface area contributed by atoms with Gasteiger partial charge in [-0.15, -0.1) is 0 Å². The molecule has 0 aliphatic carbocycles. The number of H-pyrrole nitrogens is 1. The largest absolute Gasteiger partial charge is 0.403 e. The molecule has 2 N–H and O–H groups in total. The molecule has 1 atom stereocenters. The monoisotopic (exact) mass is 270 g/mol. The first-order valence-corrected chi connectivity index (χ1v) is 6.17. The topological polar surface area (TPSA) is 27.8 Å². The second-order valence-electron chi connectivity index (χ2n) is 4.91. The molecule has 0 fully saturated rings. The fourth-order valence-corrected chi connectivity index (χ4v) is 1.99. The minimum atomic E-state index is -4.21. The van der Waals surface area contributed by atoms with Gasteiger partial charge in [-0.1, -0.05) is 6.07 Å². The summed E-state index contributed by atoms with van der Waals surface area (Å²) in [5.74, 6) is 0. The van der Waals surface area contributed by atoms with Gasteiger partial charge in [0.15, 0.2) is 0 Å². The van der Waals surface area contributed by atoms with Crippen LogP contribution in [0.4, 0.5) is 13.2 Å². The number of benzene rings is 1. The van der Waals surface area contributed by atoms with E-state index in [0.29, 0.717) is 0 Å². The van der Waals surface area contributed by atoms with E-state index in [1.54, 1.807) is 0 Å². The fourth-order valence-electron chi connectivity index (χ4n) is 1.99. The zero-order valence-electron chi connectivity index (χ0n) is 11.2. The molecule has 0 aliphatic heterocycles. The highest BCUT2D eigenvalue weighted by molar-refractivity contribution is 5.84. The van der Waals surface area contributed by atoms with Crippen molar-refractivity contribution in [1.82, 2.24) is 10.3 Å². The number of nitrogens with one attached hydrogen (secondary N) is 2. The summed E-state index contributed by atoms with van der Waals surface area (Å²) < 4.78 is 37.2. The Balaban J connectivity index is 2.17. The zero-order valence-corrected chi connectivity index (χ0v) is 11.2. The van der Waals surface area contributed by atoms with Gasteiger partial charge in [0.2, 0.25) is 0 Å². The molecule has 0 saturated heterocycles. The second kappa shape index (κ2) is 4.89. The Hall–Kier alpha value is -1.49. The average Bonchev–Trinajstić information content (AvgIpc) is 2.73. The smallest absolute Gasteiger partial charge is 0.357 e. The van der Waals surface area contributed by atoms with Crippen LogP contribution in [0.2, 0.25) is 0 Å². The first kappa shape index (κ1) is 13.9. The summed E-state index contributed by atoms with van der Waals surface area (Å²) in [6.07, 6.45) is -4.21. The predicted octanol–water partition coefficient (Wildman–Crippen LogP) is 3.83. The van der Waals surface area contributed by atoms with E-state index < -0.39 is 12.2 Å². The minimum absolute atomic E-state index is 0.174. The molecule has 1 heterocycles. The summed E-state index contributed by atoms with van der Waals surface area (Å²) >= 11 is 0. The first-order chi connectivity index (χ1) is 8.79. The van der Waals surface area contributed by atoms with Gasteiger partial charge >= 0.3 is 6.18 Å². The molecule has 2 rings (SSSR count). The Morgan fingerprint density at radius 1 is 1.26 bits per heavy atom. The van der Waals surface area contributed by atoms with Crippen LogP contribution in [-0.2, 0) is 6.54 Å². The van der Waals surface area contributed by atoms with Crippen LogP contribution in [0.25, 0.3) is 10.9 Å². The average molecular weight is 270 g/mol. The Kier molecular flexibility index (Phi) is 3.58. The van der Waals surface area contributed by atoms with Gasteiger partial charge in [0.25, 0.3) is 0 Å². The van der Waals surface area contributed by atoms with E-state index in [0.717, 1.165) is 29.1 Å². The molecule has 2 aromatic rings. The third-order valence-corrected chi connectivity index (χ3v) is 3.49. The third kappa shape index (κ3) is 2.92. The maximum atomic E-state index is 12.4. The summed E-state index contributed by atoms with van der Waals surface area (Å²) in [5, 5.41) is 3.54. The number of hydrogen-bond acceptors (Lipinski definition) is 1. The van der Waals surface area contributed by atoms with E-state index in [9.17, 15) is 13.2 Å². The van der Waals surface area contributed by atoms with E-state index in [4.69, 9.17) is 0 Å². The number of aryl methyl sites for hydroxylation is 2. The van der Waals surface area contributed by atoms with E-state index in [1.807, 2.05) is 32.0 Å². The number of halogens is 3. The standard InChI is InChI=1S/C14H17F3N2/c1-8-4-5-13-12(9(8)2)6-11(19-13)7-18-10(3)14(15,16)17/h4-6,10,18-19H,7H2,1-3H3. The van der Waals surface area contributed by atoms with Crippen LogP contribution >= 0.6 is 0 Å². The van der Waals surface area contributed by atoms with Crippen LogP contribution in [0.15, 0.2) is 18.2 Å². The van der Waals surface area contributed by atoms with Crippen molar-refractivity contribution in [3.05, 3.63) is 35.0 Å². The van der Waals surface area contributed by atoms with Gasteiger partial charge in [0.05, 0.1) is 0 Å². The summed E-state index contributed by atoms with van der Waals surface area (Å²) in [6.45, 7) is 5.33. The Morgan fingerprint density at radius 3 is 2.58 bits per heavy atom. The van der Waals surface area contributed by atoms with Crippen LogP contribution in [-0.4, -0.2) is 17.2 Å². The predicted molar refractivity (Wildman–Crippen MR) is 70.1 cm³/mol. The van der Waals surface area contributed by atoms with E-state index in [-0.39, 0.29) is 6.54 Å². The molecule has 1 aromatic carbocycles. The van der Waals surface area contributed by atoms with Crippen molar-refractivity contribution in [2.45, 2.75) is 39.5 Å². The van der Waals surface area contributed by atoms with Crippen molar-refractivity contribution >= 4 is 10.9 Å². The minimum Gasteiger partial charge on any atom is -0.357 e. The summed E-state index contributed by atoms with van der Waals surface area (Å²) in [4.78, 5) is 3.14. The van der Waals surface area contributed by atoms with E-state index in [1.165, 1.54) is 5.56 Å². The molecule has 5 heteroatoms. The number of fused-ring (bicyclic) bond motifs is 1. The molecular weight excluding hydrogens is 253 g/mol. The molecule has 19 heavy (non-hydrogen) atoms. The van der Waals surface area contributed by atoms with Crippen LogP contribution in [0, 0.1) is 13.8 Å². The normalized spacial score (nSPS) is 14.0. The van der Waals surface area contributed by atoms with E-state index >= 15 is 0 Å². The summed E-state index contributed by atoms with van der Waals surface area (Å²) in [7, 11) is 0. The number of aromatic amines is 1. The first-order valence-electron chi connectivity index (χ1n) is 6.17. The molecular formula is C14H17F3N2. The van der Waals surface area contributed by atoms with Crippen LogP contribution < -0.4 is 5.32 Å². The maximum Gasteiger partial charge on any atom is 0.403 e. The SMILES string of the molecule is Cc1ccc2[nH]c(CNC(C)C(F)(F)F)cc2c1C. The highest BCUT2D eigenvalue weighted by Gasteiger charge is 2.35. The third-order valence-electron chi connectivity index (χ3n) is 3.49. The van der Waals surface area contributed by atoms with Gasteiger partial charge < -0.3 is 10.3 Å². The molecule has 104 valence electrons. The molecule has 0 bridgehead atoms. The van der Waals surface area contributed by atoms with Crippen LogP contribution in [0.3, 0.4) is 0 Å². The van der Waals surface area contributed by atoms with Crippen LogP contribution in [0.1, 0.15) is 23.7 Å². The number of hydrogen-bond donors (Lipinski definition) is 2. The lowest BCUT2D eigenvalue weighted by Gasteiger charge is -2.16. The Bertz CT molecular complexity index is 584. The quantitative estimate of drug-likeness (QED) is 0.871. The molecule has 0 aliphatic rings. The Morgan fingerprint density at radius 2 is 1.95 bits per heavy atom. The fraction of sp³-hybridized carbons (Fsp3) is 0.429. The van der Waals surface area contributed by atoms with Crippen LogP contribution in [0.5, 0.6) is 0 Å². The van der Waals surface area contributed by atoms with Gasteiger partial charge in [0, 0.05) is 23.1 Å². The van der Waals surface area contributed by atoms with Crippen molar-refractivity contribution in [1.29, 1.82) is 0 Å². The molecule has 0 saturated carbocycles. The highest BCUT2D eigenvalue weighted by atomic mass is 19.4. The second-order valence-corrected chi connectivity index (χ2v) is 4.91.